The van der Waals surface area contributed by atoms with Gasteiger partial charge in [0.1, 0.15) is 5.82 Å². The van der Waals surface area contributed by atoms with Gasteiger partial charge in [-0.3, -0.25) is 4.57 Å². The largest absolute Gasteiger partial charge is 0.490 e. The number of carbonyl (C=O) groups is 1. The van der Waals surface area contributed by atoms with E-state index < -0.39 is 23.9 Å². The number of carboxylic acid groups (broad SMARTS) is 1. The van der Waals surface area contributed by atoms with E-state index in [1.165, 1.54) is 15.9 Å². The Hall–Kier alpha value is -3.70. The SMILES string of the molecule is COCCNc1ncc(-c2ccc(Cn3c(CC(CN)=C(F)F)n[nH]c3=O)s2)cn1.O=C(O)C(F)(F)F. The molecule has 0 aliphatic heterocycles. The van der Waals surface area contributed by atoms with Gasteiger partial charge in [-0.05, 0) is 12.1 Å². The lowest BCUT2D eigenvalue weighted by molar-refractivity contribution is -0.192. The van der Waals surface area contributed by atoms with E-state index in [-0.39, 0.29) is 30.9 Å². The molecule has 0 unspecified atom stereocenters. The molecule has 0 radical (unpaired) electrons. The zero-order valence-electron chi connectivity index (χ0n) is 19.2. The second kappa shape index (κ2) is 13.6. The number of alkyl halides is 3. The molecule has 0 aromatic carbocycles. The van der Waals surface area contributed by atoms with Gasteiger partial charge in [-0.15, -0.1) is 11.3 Å². The normalized spacial score (nSPS) is 11.0. The molecular weight excluding hydrogens is 529 g/mol. The van der Waals surface area contributed by atoms with Crippen LogP contribution in [0.25, 0.3) is 10.4 Å². The molecule has 17 heteroatoms. The highest BCUT2D eigenvalue weighted by Crippen LogP contribution is 2.28. The first kappa shape index (κ1) is 29.5. The predicted molar refractivity (Wildman–Crippen MR) is 123 cm³/mol. The third-order valence-electron chi connectivity index (χ3n) is 4.47. The van der Waals surface area contributed by atoms with Crippen molar-refractivity contribution < 1.29 is 36.6 Å². The first-order valence-electron chi connectivity index (χ1n) is 10.3. The van der Waals surface area contributed by atoms with Gasteiger partial charge in [0.2, 0.25) is 5.95 Å². The number of aromatic nitrogens is 5. The highest BCUT2D eigenvalue weighted by Gasteiger charge is 2.38. The fourth-order valence-electron chi connectivity index (χ4n) is 2.64. The Balaban J connectivity index is 0.000000604. The number of methoxy groups -OCH3 is 1. The van der Waals surface area contributed by atoms with Crippen molar-refractivity contribution in [3.05, 3.63) is 57.4 Å². The van der Waals surface area contributed by atoms with E-state index in [0.29, 0.717) is 19.1 Å². The Morgan fingerprint density at radius 1 is 1.27 bits per heavy atom. The number of rotatable bonds is 10. The number of aromatic amines is 1. The predicted octanol–water partition coefficient (Wildman–Crippen LogP) is 2.48. The molecule has 0 aliphatic rings. The summed E-state index contributed by atoms with van der Waals surface area (Å²) in [5.41, 5.74) is 5.47. The van der Waals surface area contributed by atoms with E-state index in [2.05, 4.69) is 25.5 Å². The van der Waals surface area contributed by atoms with Crippen LogP contribution in [-0.2, 0) is 22.5 Å². The maximum Gasteiger partial charge on any atom is 0.490 e. The van der Waals surface area contributed by atoms with Gasteiger partial charge in [0.05, 0.1) is 13.2 Å². The average Bonchev–Trinajstić information content (AvgIpc) is 3.45. The van der Waals surface area contributed by atoms with Gasteiger partial charge in [0.15, 0.2) is 0 Å². The van der Waals surface area contributed by atoms with Crippen molar-refractivity contribution >= 4 is 23.3 Å². The number of hydrogen-bond acceptors (Lipinski definition) is 9. The van der Waals surface area contributed by atoms with Gasteiger partial charge < -0.3 is 20.9 Å². The van der Waals surface area contributed by atoms with Gasteiger partial charge in [-0.2, -0.15) is 27.1 Å². The standard InChI is InChI=1S/C18H21F2N7O2S.C2HF3O2/c1-29-5-4-22-17-23-8-12(9-24-17)14-3-2-13(30-14)10-27-15(25-26-18(27)28)6-11(7-21)16(19)20;3-2(4,5)1(6)7/h2-3,8-9H,4-7,10,21H2,1H3,(H,26,28)(H,22,23,24);(H,6,7). The Kier molecular flexibility index (Phi) is 10.8. The molecule has 5 N–H and O–H groups in total. The number of nitrogens with two attached hydrogens (primary N) is 1. The molecule has 0 aliphatic carbocycles. The van der Waals surface area contributed by atoms with Crippen LogP contribution < -0.4 is 16.7 Å². The average molecular weight is 551 g/mol. The molecule has 0 spiro atoms. The number of thiophene rings is 1. The molecular formula is C20H22F5N7O4S. The van der Waals surface area contributed by atoms with E-state index >= 15 is 0 Å². The Labute approximate surface area is 209 Å². The van der Waals surface area contributed by atoms with Crippen LogP contribution in [-0.4, -0.2) is 68.8 Å². The summed E-state index contributed by atoms with van der Waals surface area (Å²) in [5.74, 6) is -2.04. The van der Waals surface area contributed by atoms with Crippen molar-refractivity contribution in [3.8, 4) is 10.4 Å². The number of aliphatic carboxylic acids is 1. The molecule has 37 heavy (non-hydrogen) atoms. The quantitative estimate of drug-likeness (QED) is 0.219. The molecule has 202 valence electrons. The van der Waals surface area contributed by atoms with E-state index in [9.17, 15) is 26.7 Å². The van der Waals surface area contributed by atoms with Crippen LogP contribution in [0.3, 0.4) is 0 Å². The highest BCUT2D eigenvalue weighted by molar-refractivity contribution is 7.15. The molecule has 0 atom stereocenters. The van der Waals surface area contributed by atoms with Gasteiger partial charge >= 0.3 is 17.8 Å². The number of nitrogens with one attached hydrogen (secondary N) is 2. The second-order valence-electron chi connectivity index (χ2n) is 7.06. The zero-order valence-corrected chi connectivity index (χ0v) is 20.0. The summed E-state index contributed by atoms with van der Waals surface area (Å²) in [6.45, 7) is 1.06. The third kappa shape index (κ3) is 9.03. The number of halogens is 5. The summed E-state index contributed by atoms with van der Waals surface area (Å²) < 4.78 is 63.8. The molecule has 3 aromatic heterocycles. The van der Waals surface area contributed by atoms with Crippen LogP contribution in [0.1, 0.15) is 10.7 Å². The van der Waals surface area contributed by atoms with E-state index in [4.69, 9.17) is 20.4 Å². The Morgan fingerprint density at radius 2 is 1.92 bits per heavy atom. The van der Waals surface area contributed by atoms with Gasteiger partial charge in [-0.25, -0.2) is 24.7 Å². The lowest BCUT2D eigenvalue weighted by Crippen LogP contribution is -2.21. The second-order valence-corrected chi connectivity index (χ2v) is 8.23. The van der Waals surface area contributed by atoms with Crippen LogP contribution in [0, 0.1) is 0 Å². The minimum Gasteiger partial charge on any atom is -0.475 e. The smallest absolute Gasteiger partial charge is 0.475 e. The summed E-state index contributed by atoms with van der Waals surface area (Å²) in [5, 5.41) is 16.3. The molecule has 11 nitrogen and oxygen atoms in total. The topological polar surface area (TPSA) is 161 Å². The molecule has 3 heterocycles. The molecule has 0 bridgehead atoms. The first-order valence-corrected chi connectivity index (χ1v) is 11.1. The van der Waals surface area contributed by atoms with Crippen molar-refractivity contribution in [2.45, 2.75) is 19.1 Å². The maximum atomic E-state index is 12.9. The number of nitrogens with zero attached hydrogens (tertiary/aromatic N) is 4. The molecule has 3 aromatic rings. The van der Waals surface area contributed by atoms with E-state index in [0.717, 1.165) is 15.3 Å². The van der Waals surface area contributed by atoms with Gasteiger partial charge in [-0.1, -0.05) is 0 Å². The number of carboxylic acids is 1. The van der Waals surface area contributed by atoms with Crippen molar-refractivity contribution in [1.82, 2.24) is 24.7 Å². The molecule has 3 rings (SSSR count). The molecule has 0 saturated carbocycles. The van der Waals surface area contributed by atoms with Crippen molar-refractivity contribution in [2.75, 3.05) is 32.1 Å². The monoisotopic (exact) mass is 551 g/mol. The number of anilines is 1. The summed E-state index contributed by atoms with van der Waals surface area (Å²) in [6, 6.07) is 3.76. The molecule has 0 amide bonds. The fraction of sp³-hybridized carbons (Fsp3) is 0.350. The van der Waals surface area contributed by atoms with Crippen LogP contribution in [0.4, 0.5) is 27.9 Å². The number of H-pyrrole nitrogens is 1. The molecule has 0 saturated heterocycles. The lowest BCUT2D eigenvalue weighted by atomic mass is 10.2. The number of ether oxygens (including phenoxy) is 1. The van der Waals surface area contributed by atoms with Crippen molar-refractivity contribution in [2.24, 2.45) is 5.73 Å². The van der Waals surface area contributed by atoms with Crippen molar-refractivity contribution in [3.63, 3.8) is 0 Å². The van der Waals surface area contributed by atoms with Crippen LogP contribution in [0.15, 0.2) is 41.0 Å². The number of hydrogen-bond donors (Lipinski definition) is 4. The highest BCUT2D eigenvalue weighted by atomic mass is 32.1. The Bertz CT molecular complexity index is 1250. The van der Waals surface area contributed by atoms with Crippen LogP contribution in [0.5, 0.6) is 0 Å². The third-order valence-corrected chi connectivity index (χ3v) is 5.59. The summed E-state index contributed by atoms with van der Waals surface area (Å²) in [4.78, 5) is 31.3. The Morgan fingerprint density at radius 3 is 2.46 bits per heavy atom. The summed E-state index contributed by atoms with van der Waals surface area (Å²) in [7, 11) is 1.62. The van der Waals surface area contributed by atoms with Gasteiger partial charge in [0.25, 0.3) is 6.08 Å². The van der Waals surface area contributed by atoms with Crippen LogP contribution >= 0.6 is 11.3 Å². The van der Waals surface area contributed by atoms with Crippen LogP contribution in [0.2, 0.25) is 0 Å². The lowest BCUT2D eigenvalue weighted by Gasteiger charge is -2.06. The summed E-state index contributed by atoms with van der Waals surface area (Å²) in [6.07, 6.45) is -3.72. The zero-order chi connectivity index (χ0) is 27.6. The minimum atomic E-state index is -5.08. The van der Waals surface area contributed by atoms with E-state index in [1.54, 1.807) is 19.5 Å². The first-order chi connectivity index (χ1) is 17.5. The molecule has 0 fully saturated rings. The summed E-state index contributed by atoms with van der Waals surface area (Å²) >= 11 is 1.45. The van der Waals surface area contributed by atoms with E-state index in [1.807, 2.05) is 12.1 Å². The van der Waals surface area contributed by atoms with Crippen molar-refractivity contribution in [1.29, 1.82) is 0 Å². The minimum absolute atomic E-state index is 0.193. The fourth-order valence-corrected chi connectivity index (χ4v) is 3.61. The maximum absolute atomic E-state index is 12.9. The van der Waals surface area contributed by atoms with Gasteiger partial charge in [0, 0.05) is 59.9 Å².